The van der Waals surface area contributed by atoms with Crippen LogP contribution in [0.4, 0.5) is 0 Å². The molecule has 1 heterocycles. The van der Waals surface area contributed by atoms with E-state index in [0.29, 0.717) is 12.0 Å². The van der Waals surface area contributed by atoms with Crippen molar-refractivity contribution >= 4 is 11.3 Å². The van der Waals surface area contributed by atoms with Gasteiger partial charge >= 0.3 is 0 Å². The summed E-state index contributed by atoms with van der Waals surface area (Å²) in [6.45, 7) is 7.61. The third kappa shape index (κ3) is 2.72. The second-order valence-electron chi connectivity index (χ2n) is 3.67. The normalized spacial score (nSPS) is 13.2. The van der Waals surface area contributed by atoms with Crippen LogP contribution in [0.1, 0.15) is 31.7 Å². The Bertz CT molecular complexity index is 270. The monoisotopic (exact) mass is 213 g/mol. The van der Waals surface area contributed by atoms with E-state index in [1.807, 2.05) is 0 Å². The van der Waals surface area contributed by atoms with Crippen molar-refractivity contribution in [1.82, 2.24) is 5.32 Å². The predicted octanol–water partition coefficient (Wildman–Crippen LogP) is 3.06. The van der Waals surface area contributed by atoms with E-state index in [4.69, 9.17) is 4.74 Å². The van der Waals surface area contributed by atoms with Crippen LogP contribution in [0.25, 0.3) is 0 Å². The van der Waals surface area contributed by atoms with Gasteiger partial charge in [-0.3, -0.25) is 0 Å². The van der Waals surface area contributed by atoms with Gasteiger partial charge in [0, 0.05) is 16.3 Å². The van der Waals surface area contributed by atoms with Crippen molar-refractivity contribution in [3.63, 3.8) is 0 Å². The lowest BCUT2D eigenvalue weighted by molar-refractivity contribution is 0.410. The van der Waals surface area contributed by atoms with E-state index in [0.717, 1.165) is 12.3 Å². The summed E-state index contributed by atoms with van der Waals surface area (Å²) in [5, 5.41) is 5.55. The molecule has 14 heavy (non-hydrogen) atoms. The minimum Gasteiger partial charge on any atom is -0.496 e. The van der Waals surface area contributed by atoms with Crippen LogP contribution < -0.4 is 10.1 Å². The Morgan fingerprint density at radius 1 is 1.50 bits per heavy atom. The lowest BCUT2D eigenvalue weighted by Crippen LogP contribution is -2.24. The van der Waals surface area contributed by atoms with E-state index in [-0.39, 0.29) is 0 Å². The summed E-state index contributed by atoms with van der Waals surface area (Å²) in [7, 11) is 1.71. The van der Waals surface area contributed by atoms with Crippen molar-refractivity contribution in [2.45, 2.75) is 26.8 Å². The average molecular weight is 213 g/mol. The molecule has 0 bridgehead atoms. The molecule has 0 saturated carbocycles. The number of hydrogen-bond donors (Lipinski definition) is 1. The molecule has 0 radical (unpaired) electrons. The van der Waals surface area contributed by atoms with Gasteiger partial charge in [0.2, 0.25) is 0 Å². The summed E-state index contributed by atoms with van der Waals surface area (Å²) < 4.78 is 5.19. The molecule has 1 aromatic rings. The van der Waals surface area contributed by atoms with Gasteiger partial charge in [-0.15, -0.1) is 11.3 Å². The van der Waals surface area contributed by atoms with Gasteiger partial charge in [-0.2, -0.15) is 0 Å². The van der Waals surface area contributed by atoms with Crippen LogP contribution in [0, 0.1) is 5.92 Å². The van der Waals surface area contributed by atoms with E-state index in [1.165, 1.54) is 4.88 Å². The maximum atomic E-state index is 5.19. The quantitative estimate of drug-likeness (QED) is 0.811. The Balaban J connectivity index is 2.76. The number of thiophene rings is 1. The van der Waals surface area contributed by atoms with Crippen molar-refractivity contribution in [2.24, 2.45) is 5.92 Å². The summed E-state index contributed by atoms with van der Waals surface area (Å²) in [4.78, 5) is 1.36. The predicted molar refractivity (Wildman–Crippen MR) is 62.1 cm³/mol. The molecule has 0 aromatic carbocycles. The summed E-state index contributed by atoms with van der Waals surface area (Å²) in [6.07, 6.45) is 0. The molecule has 0 amide bonds. The summed E-state index contributed by atoms with van der Waals surface area (Å²) >= 11 is 1.76. The Morgan fingerprint density at radius 3 is 2.64 bits per heavy atom. The minimum absolute atomic E-state index is 0.453. The molecule has 1 unspecified atom stereocenters. The molecule has 0 saturated heterocycles. The highest BCUT2D eigenvalue weighted by Crippen LogP contribution is 2.30. The molecular weight excluding hydrogens is 194 g/mol. The fraction of sp³-hybridized carbons (Fsp3) is 0.636. The number of methoxy groups -OCH3 is 1. The van der Waals surface area contributed by atoms with Gasteiger partial charge in [-0.25, -0.2) is 0 Å². The molecule has 0 aliphatic carbocycles. The second-order valence-corrected chi connectivity index (χ2v) is 4.61. The number of rotatable bonds is 5. The highest BCUT2D eigenvalue weighted by Gasteiger charge is 2.16. The van der Waals surface area contributed by atoms with E-state index < -0.39 is 0 Å². The molecule has 1 rings (SSSR count). The smallest absolute Gasteiger partial charge is 0.129 e. The van der Waals surface area contributed by atoms with E-state index >= 15 is 0 Å². The maximum absolute atomic E-state index is 5.19. The topological polar surface area (TPSA) is 21.3 Å². The fourth-order valence-corrected chi connectivity index (χ4v) is 2.59. The molecule has 2 nitrogen and oxygen atoms in total. The lowest BCUT2D eigenvalue weighted by Gasteiger charge is -2.20. The first-order chi connectivity index (χ1) is 6.69. The average Bonchev–Trinajstić information content (AvgIpc) is 2.61. The Labute approximate surface area is 90.3 Å². The SMILES string of the molecule is CCNC(c1cc(OC)cs1)C(C)C. The molecule has 0 fully saturated rings. The molecule has 80 valence electrons. The molecule has 0 spiro atoms. The Kier molecular flexibility index (Phi) is 4.42. The molecular formula is C11H19NOS. The first-order valence-corrected chi connectivity index (χ1v) is 5.92. The van der Waals surface area contributed by atoms with Crippen LogP contribution in [-0.4, -0.2) is 13.7 Å². The third-order valence-corrected chi connectivity index (χ3v) is 3.22. The molecule has 0 aliphatic heterocycles. The zero-order chi connectivity index (χ0) is 10.6. The van der Waals surface area contributed by atoms with Gasteiger partial charge in [-0.1, -0.05) is 20.8 Å². The van der Waals surface area contributed by atoms with Gasteiger partial charge in [-0.05, 0) is 18.5 Å². The van der Waals surface area contributed by atoms with Gasteiger partial charge in [0.05, 0.1) is 7.11 Å². The largest absolute Gasteiger partial charge is 0.496 e. The molecule has 3 heteroatoms. The maximum Gasteiger partial charge on any atom is 0.129 e. The zero-order valence-electron chi connectivity index (χ0n) is 9.33. The summed E-state index contributed by atoms with van der Waals surface area (Å²) in [5.41, 5.74) is 0. The van der Waals surface area contributed by atoms with Crippen molar-refractivity contribution < 1.29 is 4.74 Å². The number of nitrogens with one attached hydrogen (secondary N) is 1. The van der Waals surface area contributed by atoms with Gasteiger partial charge in [0.15, 0.2) is 0 Å². The second kappa shape index (κ2) is 5.37. The van der Waals surface area contributed by atoms with Crippen molar-refractivity contribution in [3.05, 3.63) is 16.3 Å². The van der Waals surface area contributed by atoms with E-state index in [2.05, 4.69) is 37.5 Å². The highest BCUT2D eigenvalue weighted by atomic mass is 32.1. The molecule has 0 aliphatic rings. The van der Waals surface area contributed by atoms with Crippen LogP contribution in [0.15, 0.2) is 11.4 Å². The molecule has 1 atom stereocenters. The van der Waals surface area contributed by atoms with E-state index in [9.17, 15) is 0 Å². The standard InChI is InChI=1S/C11H19NOS/c1-5-12-11(8(2)3)10-6-9(13-4)7-14-10/h6-8,11-12H,5H2,1-4H3. The van der Waals surface area contributed by atoms with Gasteiger partial charge in [0.25, 0.3) is 0 Å². The van der Waals surface area contributed by atoms with Crippen molar-refractivity contribution in [2.75, 3.05) is 13.7 Å². The van der Waals surface area contributed by atoms with Crippen LogP contribution in [0.5, 0.6) is 5.75 Å². The lowest BCUT2D eigenvalue weighted by atomic mass is 10.0. The summed E-state index contributed by atoms with van der Waals surface area (Å²) in [6, 6.07) is 2.58. The number of ether oxygens (including phenoxy) is 1. The van der Waals surface area contributed by atoms with Crippen LogP contribution in [-0.2, 0) is 0 Å². The molecule has 1 N–H and O–H groups in total. The summed E-state index contributed by atoms with van der Waals surface area (Å²) in [5.74, 6) is 1.58. The first kappa shape index (κ1) is 11.5. The van der Waals surface area contributed by atoms with Crippen molar-refractivity contribution in [3.8, 4) is 5.75 Å². The highest BCUT2D eigenvalue weighted by molar-refractivity contribution is 7.10. The van der Waals surface area contributed by atoms with Crippen LogP contribution >= 0.6 is 11.3 Å². The molecule has 1 aromatic heterocycles. The van der Waals surface area contributed by atoms with Crippen molar-refractivity contribution in [1.29, 1.82) is 0 Å². The van der Waals surface area contributed by atoms with Gasteiger partial charge < -0.3 is 10.1 Å². The first-order valence-electron chi connectivity index (χ1n) is 5.04. The fourth-order valence-electron chi connectivity index (χ4n) is 1.49. The zero-order valence-corrected chi connectivity index (χ0v) is 10.1. The van der Waals surface area contributed by atoms with Crippen LogP contribution in [0.2, 0.25) is 0 Å². The number of hydrogen-bond acceptors (Lipinski definition) is 3. The van der Waals surface area contributed by atoms with E-state index in [1.54, 1.807) is 18.4 Å². The Morgan fingerprint density at radius 2 is 2.21 bits per heavy atom. The third-order valence-electron chi connectivity index (χ3n) is 2.23. The van der Waals surface area contributed by atoms with Gasteiger partial charge in [0.1, 0.15) is 5.75 Å². The minimum atomic E-state index is 0.453. The Hall–Kier alpha value is -0.540. The van der Waals surface area contributed by atoms with Crippen LogP contribution in [0.3, 0.4) is 0 Å².